The minimum absolute atomic E-state index is 0.0154. The number of nitrogens with one attached hydrogen (secondary N) is 2. The van der Waals surface area contributed by atoms with E-state index in [1.807, 2.05) is 68.4 Å². The zero-order valence-electron chi connectivity index (χ0n) is 11.9. The molecular weight excluding hydrogens is 248 g/mol. The van der Waals surface area contributed by atoms with E-state index in [2.05, 4.69) is 10.6 Å². The van der Waals surface area contributed by atoms with Gasteiger partial charge in [0.15, 0.2) is 0 Å². The van der Waals surface area contributed by atoms with Gasteiger partial charge in [0.05, 0.1) is 11.6 Å². The van der Waals surface area contributed by atoms with Gasteiger partial charge in [-0.2, -0.15) is 0 Å². The molecule has 2 rings (SSSR count). The van der Waals surface area contributed by atoms with Gasteiger partial charge in [0.1, 0.15) is 0 Å². The maximum absolute atomic E-state index is 12.4. The van der Waals surface area contributed by atoms with Crippen molar-refractivity contribution in [3.63, 3.8) is 0 Å². The Balaban J connectivity index is 2.12. The molecule has 3 heteroatoms. The average molecular weight is 268 g/mol. The Morgan fingerprint density at radius 1 is 1.05 bits per heavy atom. The predicted octanol–water partition coefficient (Wildman–Crippen LogP) is 3.61. The van der Waals surface area contributed by atoms with Crippen LogP contribution in [0.3, 0.4) is 0 Å². The van der Waals surface area contributed by atoms with Crippen LogP contribution in [0.15, 0.2) is 54.6 Å². The Morgan fingerprint density at radius 2 is 1.70 bits per heavy atom. The zero-order chi connectivity index (χ0) is 14.4. The Morgan fingerprint density at radius 3 is 2.40 bits per heavy atom. The van der Waals surface area contributed by atoms with Gasteiger partial charge in [-0.3, -0.25) is 4.79 Å². The number of para-hydroxylation sites is 1. The lowest BCUT2D eigenvalue weighted by molar-refractivity contribution is 0.0940. The molecule has 0 aliphatic rings. The van der Waals surface area contributed by atoms with E-state index in [0.29, 0.717) is 5.56 Å². The fourth-order valence-corrected chi connectivity index (χ4v) is 2.13. The maximum Gasteiger partial charge on any atom is 0.253 e. The number of carbonyl (C=O) groups is 1. The summed E-state index contributed by atoms with van der Waals surface area (Å²) in [6.45, 7) is 4.79. The summed E-state index contributed by atoms with van der Waals surface area (Å²) in [5.74, 6) is -0.0575. The van der Waals surface area contributed by atoms with Crippen LogP contribution in [-0.2, 0) is 0 Å². The molecule has 2 N–H and O–H groups in total. The number of amides is 1. The summed E-state index contributed by atoms with van der Waals surface area (Å²) in [6, 6.07) is 17.5. The molecule has 1 atom stereocenters. The molecule has 2 aromatic carbocycles. The average Bonchev–Trinajstić information content (AvgIpc) is 2.49. The quantitative estimate of drug-likeness (QED) is 0.869. The van der Waals surface area contributed by atoms with Gasteiger partial charge < -0.3 is 10.6 Å². The molecule has 0 spiro atoms. The van der Waals surface area contributed by atoms with Crippen LogP contribution in [0.4, 0.5) is 5.69 Å². The second kappa shape index (κ2) is 6.75. The molecule has 0 saturated carbocycles. The smallest absolute Gasteiger partial charge is 0.253 e. The molecule has 1 amide bonds. The minimum atomic E-state index is -0.0575. The number of rotatable bonds is 5. The minimum Gasteiger partial charge on any atom is -0.385 e. The van der Waals surface area contributed by atoms with Gasteiger partial charge in [0, 0.05) is 12.2 Å². The summed E-state index contributed by atoms with van der Waals surface area (Å²) < 4.78 is 0. The second-order valence-electron chi connectivity index (χ2n) is 4.68. The molecule has 0 saturated heterocycles. The first kappa shape index (κ1) is 14.1. The highest BCUT2D eigenvalue weighted by molar-refractivity contribution is 5.99. The third-order valence-electron chi connectivity index (χ3n) is 3.19. The molecule has 0 aliphatic heterocycles. The topological polar surface area (TPSA) is 41.1 Å². The SMILES string of the molecule is CCNc1ccccc1C(=O)N[C@H](C)c1ccccc1. The van der Waals surface area contributed by atoms with Crippen molar-refractivity contribution in [2.24, 2.45) is 0 Å². The standard InChI is InChI=1S/C17H20N2O/c1-3-18-16-12-8-7-11-15(16)17(20)19-13(2)14-9-5-4-6-10-14/h4-13,18H,3H2,1-2H3,(H,19,20)/t13-/m1/s1. The first-order valence-electron chi connectivity index (χ1n) is 6.91. The molecule has 0 aliphatic carbocycles. The lowest BCUT2D eigenvalue weighted by Crippen LogP contribution is -2.27. The van der Waals surface area contributed by atoms with Crippen LogP contribution < -0.4 is 10.6 Å². The largest absolute Gasteiger partial charge is 0.385 e. The van der Waals surface area contributed by atoms with Crippen molar-refractivity contribution in [1.29, 1.82) is 0 Å². The summed E-state index contributed by atoms with van der Waals surface area (Å²) in [4.78, 5) is 12.4. The number of carbonyl (C=O) groups excluding carboxylic acids is 1. The second-order valence-corrected chi connectivity index (χ2v) is 4.68. The number of hydrogen-bond donors (Lipinski definition) is 2. The number of anilines is 1. The van der Waals surface area contributed by atoms with Gasteiger partial charge in [-0.15, -0.1) is 0 Å². The van der Waals surface area contributed by atoms with Gasteiger partial charge in [0.25, 0.3) is 5.91 Å². The third-order valence-corrected chi connectivity index (χ3v) is 3.19. The highest BCUT2D eigenvalue weighted by Gasteiger charge is 2.13. The zero-order valence-corrected chi connectivity index (χ0v) is 11.9. The van der Waals surface area contributed by atoms with Gasteiger partial charge in [-0.25, -0.2) is 0 Å². The molecule has 2 aromatic rings. The molecule has 0 unspecified atom stereocenters. The number of benzene rings is 2. The van der Waals surface area contributed by atoms with E-state index in [9.17, 15) is 4.79 Å². The summed E-state index contributed by atoms with van der Waals surface area (Å²) in [6.07, 6.45) is 0. The summed E-state index contributed by atoms with van der Waals surface area (Å²) >= 11 is 0. The number of hydrogen-bond acceptors (Lipinski definition) is 2. The van der Waals surface area contributed by atoms with Crippen LogP contribution in [0.1, 0.15) is 35.8 Å². The van der Waals surface area contributed by atoms with Crippen molar-refractivity contribution in [2.45, 2.75) is 19.9 Å². The van der Waals surface area contributed by atoms with Crippen LogP contribution in [0.5, 0.6) is 0 Å². The van der Waals surface area contributed by atoms with Gasteiger partial charge in [0.2, 0.25) is 0 Å². The van der Waals surface area contributed by atoms with Crippen LogP contribution in [0.2, 0.25) is 0 Å². The van der Waals surface area contributed by atoms with Crippen molar-refractivity contribution in [3.05, 3.63) is 65.7 Å². The summed E-state index contributed by atoms with van der Waals surface area (Å²) in [7, 11) is 0. The van der Waals surface area contributed by atoms with Crippen LogP contribution >= 0.6 is 0 Å². The summed E-state index contributed by atoms with van der Waals surface area (Å²) in [5.41, 5.74) is 2.65. The van der Waals surface area contributed by atoms with Crippen molar-refractivity contribution < 1.29 is 4.79 Å². The van der Waals surface area contributed by atoms with Gasteiger partial charge in [-0.05, 0) is 31.5 Å². The highest BCUT2D eigenvalue weighted by Crippen LogP contribution is 2.17. The molecule has 0 radical (unpaired) electrons. The monoisotopic (exact) mass is 268 g/mol. The van der Waals surface area contributed by atoms with E-state index in [4.69, 9.17) is 0 Å². The Kier molecular flexibility index (Phi) is 4.77. The molecular formula is C17H20N2O. The Bertz CT molecular complexity index is 566. The highest BCUT2D eigenvalue weighted by atomic mass is 16.1. The maximum atomic E-state index is 12.4. The van der Waals surface area contributed by atoms with Crippen molar-refractivity contribution in [3.8, 4) is 0 Å². The fraction of sp³-hybridized carbons (Fsp3) is 0.235. The van der Waals surface area contributed by atoms with Gasteiger partial charge >= 0.3 is 0 Å². The van der Waals surface area contributed by atoms with Crippen LogP contribution in [0, 0.1) is 0 Å². The molecule has 20 heavy (non-hydrogen) atoms. The van der Waals surface area contributed by atoms with Gasteiger partial charge in [-0.1, -0.05) is 42.5 Å². The molecule has 0 heterocycles. The lowest BCUT2D eigenvalue weighted by Gasteiger charge is -2.16. The van der Waals surface area contributed by atoms with Crippen molar-refractivity contribution in [1.82, 2.24) is 5.32 Å². The van der Waals surface area contributed by atoms with E-state index in [1.165, 1.54) is 0 Å². The molecule has 0 fully saturated rings. The molecule has 104 valence electrons. The predicted molar refractivity (Wildman–Crippen MR) is 82.9 cm³/mol. The molecule has 0 bridgehead atoms. The fourth-order valence-electron chi connectivity index (χ4n) is 2.13. The first-order chi connectivity index (χ1) is 9.72. The lowest BCUT2D eigenvalue weighted by atomic mass is 10.1. The summed E-state index contributed by atoms with van der Waals surface area (Å²) in [5, 5.41) is 6.24. The van der Waals surface area contributed by atoms with E-state index in [-0.39, 0.29) is 11.9 Å². The van der Waals surface area contributed by atoms with Crippen molar-refractivity contribution in [2.75, 3.05) is 11.9 Å². The first-order valence-corrected chi connectivity index (χ1v) is 6.91. The van der Waals surface area contributed by atoms with E-state index >= 15 is 0 Å². The molecule has 0 aromatic heterocycles. The van der Waals surface area contributed by atoms with Crippen molar-refractivity contribution >= 4 is 11.6 Å². The van der Waals surface area contributed by atoms with E-state index in [1.54, 1.807) is 0 Å². The van der Waals surface area contributed by atoms with Crippen LogP contribution in [0.25, 0.3) is 0 Å². The van der Waals surface area contributed by atoms with E-state index < -0.39 is 0 Å². The Hall–Kier alpha value is -2.29. The Labute approximate surface area is 120 Å². The molecule has 3 nitrogen and oxygen atoms in total. The normalized spacial score (nSPS) is 11.7. The van der Waals surface area contributed by atoms with E-state index in [0.717, 1.165) is 17.8 Å². The third kappa shape index (κ3) is 3.38. The van der Waals surface area contributed by atoms with Crippen LogP contribution in [-0.4, -0.2) is 12.5 Å².